The summed E-state index contributed by atoms with van der Waals surface area (Å²) in [6, 6.07) is 6.67. The van der Waals surface area contributed by atoms with Gasteiger partial charge in [0, 0.05) is 26.2 Å². The van der Waals surface area contributed by atoms with E-state index >= 15 is 0 Å². The zero-order valence-electron chi connectivity index (χ0n) is 14.4. The van der Waals surface area contributed by atoms with Crippen molar-refractivity contribution < 1.29 is 18.8 Å². The Balaban J connectivity index is 1.41. The average Bonchev–Trinajstić information content (AvgIpc) is 3.06. The molecule has 0 radical (unpaired) electrons. The number of amides is 1. The quantitative estimate of drug-likeness (QED) is 0.839. The summed E-state index contributed by atoms with van der Waals surface area (Å²) >= 11 is 0. The molecule has 0 bridgehead atoms. The predicted molar refractivity (Wildman–Crippen MR) is 89.9 cm³/mol. The molecule has 3 aliphatic heterocycles. The first-order valence-electron chi connectivity index (χ1n) is 9.19. The van der Waals surface area contributed by atoms with E-state index in [-0.39, 0.29) is 17.6 Å². The Labute approximate surface area is 147 Å². The van der Waals surface area contributed by atoms with Gasteiger partial charge in [-0.25, -0.2) is 9.45 Å². The molecule has 25 heavy (non-hydrogen) atoms. The second kappa shape index (κ2) is 7.40. The van der Waals surface area contributed by atoms with E-state index in [9.17, 15) is 9.18 Å². The van der Waals surface area contributed by atoms with Gasteiger partial charge in [0.05, 0.1) is 25.7 Å². The summed E-state index contributed by atoms with van der Waals surface area (Å²) in [6.45, 7) is 5.12. The fraction of sp³-hybridized carbons (Fsp3) is 0.632. The third kappa shape index (κ3) is 3.71. The number of nitrogens with zero attached hydrogens (tertiary/aromatic N) is 2. The average molecular weight is 348 g/mol. The smallest absolute Gasteiger partial charge is 0.251 e. The van der Waals surface area contributed by atoms with Gasteiger partial charge in [-0.05, 0) is 42.4 Å². The number of carbonyl (C=O) groups is 1. The largest absolute Gasteiger partial charge is 0.380 e. The van der Waals surface area contributed by atoms with Crippen molar-refractivity contribution in [2.45, 2.75) is 19.4 Å². The SMILES string of the molecule is O=C([C@H]1COC[C@H]2CN(Cc3ccc(F)cc3)C[C@H]21)N1CCCCO1. The van der Waals surface area contributed by atoms with Gasteiger partial charge in [-0.15, -0.1) is 0 Å². The molecule has 0 N–H and O–H groups in total. The Bertz CT molecular complexity index is 603. The third-order valence-corrected chi connectivity index (χ3v) is 5.60. The van der Waals surface area contributed by atoms with Crippen LogP contribution in [-0.4, -0.2) is 55.3 Å². The number of likely N-dealkylation sites (tertiary alicyclic amines) is 1. The van der Waals surface area contributed by atoms with Crippen LogP contribution in [0.1, 0.15) is 18.4 Å². The lowest BCUT2D eigenvalue weighted by Crippen LogP contribution is -2.47. The predicted octanol–water partition coefficient (Wildman–Crippen LogP) is 2.07. The number of hydrogen-bond donors (Lipinski definition) is 0. The number of hydroxylamine groups is 2. The van der Waals surface area contributed by atoms with E-state index in [2.05, 4.69) is 4.90 Å². The fourth-order valence-electron chi connectivity index (χ4n) is 4.28. The van der Waals surface area contributed by atoms with Crippen LogP contribution in [0.3, 0.4) is 0 Å². The zero-order valence-corrected chi connectivity index (χ0v) is 14.4. The van der Waals surface area contributed by atoms with Crippen LogP contribution in [0.25, 0.3) is 0 Å². The highest BCUT2D eigenvalue weighted by Gasteiger charge is 2.45. The first kappa shape index (κ1) is 16.9. The molecule has 0 aromatic heterocycles. The molecule has 3 fully saturated rings. The normalized spacial score (nSPS) is 30.3. The lowest BCUT2D eigenvalue weighted by Gasteiger charge is -2.36. The molecule has 1 aromatic carbocycles. The van der Waals surface area contributed by atoms with Gasteiger partial charge in [0.2, 0.25) is 0 Å². The summed E-state index contributed by atoms with van der Waals surface area (Å²) in [5.74, 6) is 0.452. The number of fused-ring (bicyclic) bond motifs is 1. The number of rotatable bonds is 3. The molecule has 3 aliphatic rings. The van der Waals surface area contributed by atoms with Crippen LogP contribution in [0.15, 0.2) is 24.3 Å². The maximum Gasteiger partial charge on any atom is 0.251 e. The van der Waals surface area contributed by atoms with Crippen molar-refractivity contribution >= 4 is 5.91 Å². The topological polar surface area (TPSA) is 42.0 Å². The maximum absolute atomic E-state index is 13.1. The molecular formula is C19H25FN2O3. The standard InChI is InChI=1S/C19H25FN2O3/c20-16-5-3-14(4-6-16)9-21-10-15-12-24-13-18(17(15)11-21)19(23)22-7-1-2-8-25-22/h3-6,15,17-18H,1-2,7-13H2/t15-,17-,18+/m1/s1. The van der Waals surface area contributed by atoms with Gasteiger partial charge in [-0.3, -0.25) is 14.5 Å². The van der Waals surface area contributed by atoms with Crippen molar-refractivity contribution in [2.75, 3.05) is 39.5 Å². The summed E-state index contributed by atoms with van der Waals surface area (Å²) in [5.41, 5.74) is 1.10. The number of halogens is 1. The number of carbonyl (C=O) groups excluding carboxylic acids is 1. The lowest BCUT2D eigenvalue weighted by atomic mass is 9.82. The van der Waals surface area contributed by atoms with Crippen LogP contribution in [-0.2, 0) is 20.9 Å². The summed E-state index contributed by atoms with van der Waals surface area (Å²) in [6.07, 6.45) is 2.02. The molecule has 136 valence electrons. The third-order valence-electron chi connectivity index (χ3n) is 5.60. The highest BCUT2D eigenvalue weighted by atomic mass is 19.1. The van der Waals surface area contributed by atoms with Gasteiger partial charge in [0.1, 0.15) is 5.82 Å². The van der Waals surface area contributed by atoms with Gasteiger partial charge < -0.3 is 4.74 Å². The Morgan fingerprint density at radius 1 is 1.16 bits per heavy atom. The van der Waals surface area contributed by atoms with Crippen molar-refractivity contribution in [2.24, 2.45) is 17.8 Å². The first-order valence-corrected chi connectivity index (χ1v) is 9.19. The Kier molecular flexibility index (Phi) is 5.01. The molecule has 0 saturated carbocycles. The number of ether oxygens (including phenoxy) is 1. The van der Waals surface area contributed by atoms with E-state index in [1.165, 1.54) is 12.1 Å². The van der Waals surface area contributed by atoms with Crippen molar-refractivity contribution in [1.29, 1.82) is 0 Å². The molecule has 3 heterocycles. The molecule has 0 unspecified atom stereocenters. The van der Waals surface area contributed by atoms with E-state index in [0.29, 0.717) is 31.6 Å². The molecule has 5 nitrogen and oxygen atoms in total. The Hall–Kier alpha value is -1.50. The second-order valence-corrected chi connectivity index (χ2v) is 7.37. The van der Waals surface area contributed by atoms with E-state index in [1.54, 1.807) is 5.06 Å². The van der Waals surface area contributed by atoms with E-state index < -0.39 is 0 Å². The molecule has 4 rings (SSSR count). The Morgan fingerprint density at radius 3 is 2.76 bits per heavy atom. The van der Waals surface area contributed by atoms with Crippen molar-refractivity contribution in [3.63, 3.8) is 0 Å². The molecule has 0 spiro atoms. The van der Waals surface area contributed by atoms with Crippen molar-refractivity contribution in [3.05, 3.63) is 35.6 Å². The zero-order chi connectivity index (χ0) is 17.2. The van der Waals surface area contributed by atoms with Crippen LogP contribution >= 0.6 is 0 Å². The van der Waals surface area contributed by atoms with Gasteiger partial charge in [0.15, 0.2) is 0 Å². The fourth-order valence-corrected chi connectivity index (χ4v) is 4.28. The molecule has 3 atom stereocenters. The molecule has 3 saturated heterocycles. The van der Waals surface area contributed by atoms with Crippen LogP contribution in [0.5, 0.6) is 0 Å². The molecule has 1 aromatic rings. The summed E-state index contributed by atoms with van der Waals surface area (Å²) in [5, 5.41) is 1.56. The van der Waals surface area contributed by atoms with Gasteiger partial charge >= 0.3 is 0 Å². The lowest BCUT2D eigenvalue weighted by molar-refractivity contribution is -0.207. The van der Waals surface area contributed by atoms with Gasteiger partial charge in [0.25, 0.3) is 5.91 Å². The van der Waals surface area contributed by atoms with Gasteiger partial charge in [-0.1, -0.05) is 12.1 Å². The monoisotopic (exact) mass is 348 g/mol. The second-order valence-electron chi connectivity index (χ2n) is 7.37. The van der Waals surface area contributed by atoms with Crippen molar-refractivity contribution in [1.82, 2.24) is 9.96 Å². The van der Waals surface area contributed by atoms with Crippen LogP contribution in [0, 0.1) is 23.6 Å². The van der Waals surface area contributed by atoms with Crippen molar-refractivity contribution in [3.8, 4) is 0 Å². The number of hydrogen-bond acceptors (Lipinski definition) is 4. The summed E-state index contributed by atoms with van der Waals surface area (Å²) in [7, 11) is 0. The highest BCUT2D eigenvalue weighted by Crippen LogP contribution is 2.36. The minimum absolute atomic E-state index is 0.0815. The van der Waals surface area contributed by atoms with E-state index in [4.69, 9.17) is 9.57 Å². The molecule has 0 aliphatic carbocycles. The molecule has 6 heteroatoms. The summed E-state index contributed by atoms with van der Waals surface area (Å²) in [4.78, 5) is 20.8. The summed E-state index contributed by atoms with van der Waals surface area (Å²) < 4.78 is 18.8. The van der Waals surface area contributed by atoms with Crippen LogP contribution in [0.2, 0.25) is 0 Å². The van der Waals surface area contributed by atoms with Crippen LogP contribution in [0.4, 0.5) is 4.39 Å². The molecule has 1 amide bonds. The minimum Gasteiger partial charge on any atom is -0.380 e. The number of benzene rings is 1. The maximum atomic E-state index is 13.1. The van der Waals surface area contributed by atoms with Gasteiger partial charge in [-0.2, -0.15) is 0 Å². The van der Waals surface area contributed by atoms with E-state index in [0.717, 1.165) is 44.6 Å². The Morgan fingerprint density at radius 2 is 2.00 bits per heavy atom. The first-order chi connectivity index (χ1) is 12.2. The highest BCUT2D eigenvalue weighted by molar-refractivity contribution is 5.78. The minimum atomic E-state index is -0.209. The van der Waals surface area contributed by atoms with Crippen LogP contribution < -0.4 is 0 Å². The van der Waals surface area contributed by atoms with E-state index in [1.807, 2.05) is 12.1 Å². The molecular weight excluding hydrogens is 323 g/mol.